The Morgan fingerprint density at radius 2 is 1.87 bits per heavy atom. The SMILES string of the molecule is O=C(Cn1c2ncccc2c(=O)n2nc(-c3ccccc3)cc12)Nc1ccc(F)cn1. The molecular formula is C22H15FN6O2. The van der Waals surface area contributed by atoms with Crippen LogP contribution in [0, 0.1) is 5.82 Å². The van der Waals surface area contributed by atoms with E-state index in [0.717, 1.165) is 11.8 Å². The van der Waals surface area contributed by atoms with Crippen LogP contribution < -0.4 is 10.9 Å². The molecule has 0 radical (unpaired) electrons. The number of aromatic nitrogens is 5. The summed E-state index contributed by atoms with van der Waals surface area (Å²) in [5.74, 6) is -0.679. The predicted molar refractivity (Wildman–Crippen MR) is 113 cm³/mol. The Balaban J connectivity index is 1.63. The van der Waals surface area contributed by atoms with Crippen molar-refractivity contribution in [2.24, 2.45) is 0 Å². The maximum atomic E-state index is 13.1. The lowest BCUT2D eigenvalue weighted by atomic mass is 10.2. The summed E-state index contributed by atoms with van der Waals surface area (Å²) in [6.07, 6.45) is 2.58. The number of hydrogen-bond donors (Lipinski definition) is 1. The van der Waals surface area contributed by atoms with E-state index in [4.69, 9.17) is 0 Å². The number of carbonyl (C=O) groups is 1. The molecule has 8 nitrogen and oxygen atoms in total. The van der Waals surface area contributed by atoms with Gasteiger partial charge in [-0.1, -0.05) is 30.3 Å². The number of amides is 1. The third kappa shape index (κ3) is 3.42. The molecule has 1 N–H and O–H groups in total. The molecule has 152 valence electrons. The van der Waals surface area contributed by atoms with Crippen LogP contribution in [0.2, 0.25) is 0 Å². The molecule has 0 aliphatic rings. The van der Waals surface area contributed by atoms with E-state index in [1.165, 1.54) is 16.6 Å². The van der Waals surface area contributed by atoms with E-state index < -0.39 is 11.7 Å². The van der Waals surface area contributed by atoms with E-state index >= 15 is 0 Å². The number of nitrogens with one attached hydrogen (secondary N) is 1. The highest BCUT2D eigenvalue weighted by molar-refractivity contribution is 5.91. The zero-order chi connectivity index (χ0) is 21.4. The van der Waals surface area contributed by atoms with Gasteiger partial charge in [0.1, 0.15) is 29.5 Å². The fourth-order valence-electron chi connectivity index (χ4n) is 3.40. The quantitative estimate of drug-likeness (QED) is 0.488. The number of halogens is 1. The van der Waals surface area contributed by atoms with Crippen molar-refractivity contribution in [1.82, 2.24) is 24.1 Å². The smallest absolute Gasteiger partial charge is 0.283 e. The van der Waals surface area contributed by atoms with Gasteiger partial charge in [0.05, 0.1) is 17.3 Å². The van der Waals surface area contributed by atoms with Crippen LogP contribution in [-0.4, -0.2) is 30.1 Å². The molecule has 0 aliphatic heterocycles. The van der Waals surface area contributed by atoms with Crippen molar-refractivity contribution in [2.45, 2.75) is 6.54 Å². The van der Waals surface area contributed by atoms with E-state index in [2.05, 4.69) is 20.4 Å². The molecule has 0 saturated heterocycles. The monoisotopic (exact) mass is 414 g/mol. The van der Waals surface area contributed by atoms with Crippen molar-refractivity contribution >= 4 is 28.4 Å². The van der Waals surface area contributed by atoms with Crippen LogP contribution in [-0.2, 0) is 11.3 Å². The standard InChI is InChI=1S/C22H15FN6O2/c23-15-8-9-18(25-12-15)26-19(30)13-28-20-11-17(14-5-2-1-3-6-14)27-29(20)22(31)16-7-4-10-24-21(16)28/h1-12H,13H2,(H,25,26,30). The Morgan fingerprint density at radius 1 is 1.03 bits per heavy atom. The lowest BCUT2D eigenvalue weighted by Crippen LogP contribution is -2.25. The van der Waals surface area contributed by atoms with Gasteiger partial charge in [0.2, 0.25) is 5.91 Å². The fraction of sp³-hybridized carbons (Fsp3) is 0.0455. The lowest BCUT2D eigenvalue weighted by Gasteiger charge is -2.12. The zero-order valence-electron chi connectivity index (χ0n) is 16.1. The maximum Gasteiger partial charge on any atom is 0.283 e. The van der Waals surface area contributed by atoms with Crippen LogP contribution in [0.4, 0.5) is 10.2 Å². The normalized spacial score (nSPS) is 11.1. The van der Waals surface area contributed by atoms with Gasteiger partial charge in [-0.2, -0.15) is 9.61 Å². The fourth-order valence-corrected chi connectivity index (χ4v) is 3.40. The molecule has 5 rings (SSSR count). The number of benzene rings is 1. The van der Waals surface area contributed by atoms with E-state index in [9.17, 15) is 14.0 Å². The number of hydrogen-bond acceptors (Lipinski definition) is 5. The summed E-state index contributed by atoms with van der Waals surface area (Å²) >= 11 is 0. The highest BCUT2D eigenvalue weighted by Gasteiger charge is 2.17. The number of carbonyl (C=O) groups excluding carboxylic acids is 1. The molecule has 0 fully saturated rings. The Morgan fingerprint density at radius 3 is 2.65 bits per heavy atom. The van der Waals surface area contributed by atoms with Gasteiger partial charge in [-0.05, 0) is 24.3 Å². The summed E-state index contributed by atoms with van der Waals surface area (Å²) in [6, 6.07) is 17.1. The average Bonchev–Trinajstić information content (AvgIpc) is 3.25. The van der Waals surface area contributed by atoms with Gasteiger partial charge in [0.15, 0.2) is 0 Å². The minimum absolute atomic E-state index is 0.143. The van der Waals surface area contributed by atoms with E-state index in [1.807, 2.05) is 30.3 Å². The first-order valence-electron chi connectivity index (χ1n) is 9.44. The van der Waals surface area contributed by atoms with Gasteiger partial charge in [0, 0.05) is 17.8 Å². The van der Waals surface area contributed by atoms with Crippen molar-refractivity contribution in [3.05, 3.63) is 89.2 Å². The zero-order valence-corrected chi connectivity index (χ0v) is 16.1. The molecule has 4 aromatic heterocycles. The van der Waals surface area contributed by atoms with Crippen LogP contribution in [0.25, 0.3) is 27.9 Å². The van der Waals surface area contributed by atoms with Crippen LogP contribution in [0.3, 0.4) is 0 Å². The number of nitrogens with zero attached hydrogens (tertiary/aromatic N) is 5. The molecule has 4 heterocycles. The van der Waals surface area contributed by atoms with Crippen LogP contribution >= 0.6 is 0 Å². The number of pyridine rings is 2. The molecule has 31 heavy (non-hydrogen) atoms. The molecule has 0 bridgehead atoms. The Bertz CT molecular complexity index is 1480. The Kier molecular flexibility index (Phi) is 4.47. The lowest BCUT2D eigenvalue weighted by molar-refractivity contribution is -0.116. The molecule has 1 amide bonds. The second-order valence-corrected chi connectivity index (χ2v) is 6.84. The van der Waals surface area contributed by atoms with Crippen molar-refractivity contribution in [2.75, 3.05) is 5.32 Å². The predicted octanol–water partition coefficient (Wildman–Crippen LogP) is 2.88. The van der Waals surface area contributed by atoms with Gasteiger partial charge >= 0.3 is 0 Å². The molecule has 9 heteroatoms. The maximum absolute atomic E-state index is 13.1. The van der Waals surface area contributed by atoms with Crippen molar-refractivity contribution in [3.63, 3.8) is 0 Å². The highest BCUT2D eigenvalue weighted by Crippen LogP contribution is 2.21. The van der Waals surface area contributed by atoms with Gasteiger partial charge in [-0.25, -0.2) is 14.4 Å². The summed E-state index contributed by atoms with van der Waals surface area (Å²) in [4.78, 5) is 33.9. The summed E-state index contributed by atoms with van der Waals surface area (Å²) in [5.41, 5.74) is 1.91. The third-order valence-electron chi connectivity index (χ3n) is 4.80. The van der Waals surface area contributed by atoms with Crippen LogP contribution in [0.1, 0.15) is 0 Å². The molecule has 5 aromatic rings. The van der Waals surface area contributed by atoms with Crippen molar-refractivity contribution in [1.29, 1.82) is 0 Å². The Hall–Kier alpha value is -4.40. The minimum atomic E-state index is -0.497. The van der Waals surface area contributed by atoms with E-state index in [0.29, 0.717) is 22.4 Å². The second-order valence-electron chi connectivity index (χ2n) is 6.84. The molecule has 0 saturated carbocycles. The second kappa shape index (κ2) is 7.45. The molecule has 0 spiro atoms. The summed E-state index contributed by atoms with van der Waals surface area (Å²) < 4.78 is 16.0. The summed E-state index contributed by atoms with van der Waals surface area (Å²) in [6.45, 7) is -0.143. The average molecular weight is 414 g/mol. The van der Waals surface area contributed by atoms with Gasteiger partial charge in [-0.15, -0.1) is 0 Å². The first-order chi connectivity index (χ1) is 15.1. The highest BCUT2D eigenvalue weighted by atomic mass is 19.1. The molecule has 1 aromatic carbocycles. The number of anilines is 1. The third-order valence-corrected chi connectivity index (χ3v) is 4.80. The largest absolute Gasteiger partial charge is 0.309 e. The van der Waals surface area contributed by atoms with Crippen molar-refractivity contribution < 1.29 is 9.18 Å². The first kappa shape index (κ1) is 18.6. The first-order valence-corrected chi connectivity index (χ1v) is 9.44. The molecule has 0 atom stereocenters. The van der Waals surface area contributed by atoms with Crippen molar-refractivity contribution in [3.8, 4) is 11.3 Å². The number of fused-ring (bicyclic) bond motifs is 2. The van der Waals surface area contributed by atoms with Gasteiger partial charge < -0.3 is 9.88 Å². The van der Waals surface area contributed by atoms with Crippen LogP contribution in [0.15, 0.2) is 77.9 Å². The summed E-state index contributed by atoms with van der Waals surface area (Å²) in [7, 11) is 0. The van der Waals surface area contributed by atoms with Crippen LogP contribution in [0.5, 0.6) is 0 Å². The molecule has 0 aliphatic carbocycles. The summed E-state index contributed by atoms with van der Waals surface area (Å²) in [5, 5.41) is 7.43. The van der Waals surface area contributed by atoms with E-state index in [-0.39, 0.29) is 17.9 Å². The molecule has 0 unspecified atom stereocenters. The Labute approximate surface area is 174 Å². The van der Waals surface area contributed by atoms with E-state index in [1.54, 1.807) is 29.0 Å². The topological polar surface area (TPSA) is 94.2 Å². The van der Waals surface area contributed by atoms with Gasteiger partial charge in [0.25, 0.3) is 5.56 Å². The molecular weight excluding hydrogens is 399 g/mol. The minimum Gasteiger partial charge on any atom is -0.309 e. The number of rotatable bonds is 4. The van der Waals surface area contributed by atoms with Gasteiger partial charge in [-0.3, -0.25) is 9.59 Å².